The van der Waals surface area contributed by atoms with E-state index in [4.69, 9.17) is 6.42 Å². The van der Waals surface area contributed by atoms with E-state index in [1.54, 1.807) is 0 Å². The lowest BCUT2D eigenvalue weighted by molar-refractivity contribution is -0.117. The van der Waals surface area contributed by atoms with Crippen LogP contribution in [0.2, 0.25) is 0 Å². The number of terminal acetylenes is 1. The lowest BCUT2D eigenvalue weighted by Gasteiger charge is -2.10. The first-order chi connectivity index (χ1) is 11.8. The number of ketones is 1. The normalized spacial score (nSPS) is 10.1. The average Bonchev–Trinajstić information content (AvgIpc) is 2.60. The van der Waals surface area contributed by atoms with Gasteiger partial charge in [-0.05, 0) is 28.3 Å². The SMILES string of the molecule is C#Cc1ccccc1CC(=O)Cc1ccccc1.c1cc2ccc1-2. The Balaban J connectivity index is 0.000000231. The number of hydrogen-bond acceptors (Lipinski definition) is 1. The topological polar surface area (TPSA) is 17.1 Å². The van der Waals surface area contributed by atoms with E-state index in [0.717, 1.165) is 16.7 Å². The highest BCUT2D eigenvalue weighted by atomic mass is 16.1. The molecular formula is C23H18O. The van der Waals surface area contributed by atoms with Gasteiger partial charge in [0.1, 0.15) is 5.78 Å². The molecule has 0 aromatic heterocycles. The molecule has 0 unspecified atom stereocenters. The predicted molar refractivity (Wildman–Crippen MR) is 98.7 cm³/mol. The van der Waals surface area contributed by atoms with Crippen LogP contribution < -0.4 is 0 Å². The van der Waals surface area contributed by atoms with Crippen LogP contribution in [0.5, 0.6) is 0 Å². The molecule has 0 amide bonds. The highest BCUT2D eigenvalue weighted by Gasteiger charge is 2.07. The first-order valence-corrected chi connectivity index (χ1v) is 7.97. The molecule has 0 N–H and O–H groups in total. The summed E-state index contributed by atoms with van der Waals surface area (Å²) >= 11 is 0. The maximum Gasteiger partial charge on any atom is 0.141 e. The molecule has 0 atom stereocenters. The minimum absolute atomic E-state index is 0.184. The second-order valence-electron chi connectivity index (χ2n) is 5.76. The van der Waals surface area contributed by atoms with Crippen molar-refractivity contribution >= 4 is 5.78 Å². The van der Waals surface area contributed by atoms with Crippen molar-refractivity contribution in [2.75, 3.05) is 0 Å². The zero-order chi connectivity index (χ0) is 16.8. The van der Waals surface area contributed by atoms with Crippen LogP contribution >= 0.6 is 0 Å². The van der Waals surface area contributed by atoms with E-state index in [2.05, 4.69) is 30.2 Å². The highest BCUT2D eigenvalue weighted by Crippen LogP contribution is 2.29. The average molecular weight is 310 g/mol. The van der Waals surface area contributed by atoms with E-state index in [0.29, 0.717) is 12.8 Å². The molecule has 116 valence electrons. The minimum Gasteiger partial charge on any atom is -0.299 e. The molecule has 0 bridgehead atoms. The van der Waals surface area contributed by atoms with Crippen molar-refractivity contribution in [2.45, 2.75) is 12.8 Å². The van der Waals surface area contributed by atoms with Gasteiger partial charge in [0.15, 0.2) is 0 Å². The molecule has 2 aromatic rings. The summed E-state index contributed by atoms with van der Waals surface area (Å²) in [6, 6.07) is 25.8. The van der Waals surface area contributed by atoms with Gasteiger partial charge in [0.25, 0.3) is 0 Å². The minimum atomic E-state index is 0.184. The number of carbonyl (C=O) groups excluding carboxylic acids is 1. The summed E-state index contributed by atoms with van der Waals surface area (Å²) in [7, 11) is 0. The summed E-state index contributed by atoms with van der Waals surface area (Å²) in [5.74, 6) is 2.80. The summed E-state index contributed by atoms with van der Waals surface area (Å²) in [5, 5.41) is 0. The third-order valence-corrected chi connectivity index (χ3v) is 4.02. The fraction of sp³-hybridized carbons (Fsp3) is 0.0870. The molecule has 24 heavy (non-hydrogen) atoms. The van der Waals surface area contributed by atoms with Gasteiger partial charge in [-0.2, -0.15) is 0 Å². The van der Waals surface area contributed by atoms with E-state index in [-0.39, 0.29) is 5.78 Å². The van der Waals surface area contributed by atoms with Crippen molar-refractivity contribution in [1.82, 2.24) is 0 Å². The van der Waals surface area contributed by atoms with Gasteiger partial charge in [-0.25, -0.2) is 0 Å². The monoisotopic (exact) mass is 310 g/mol. The fourth-order valence-corrected chi connectivity index (χ4v) is 2.58. The molecule has 0 aliphatic heterocycles. The summed E-state index contributed by atoms with van der Waals surface area (Å²) in [6.45, 7) is 0. The summed E-state index contributed by atoms with van der Waals surface area (Å²) < 4.78 is 0. The Morgan fingerprint density at radius 2 is 1.33 bits per heavy atom. The number of rotatable bonds is 4. The van der Waals surface area contributed by atoms with Gasteiger partial charge in [-0.1, -0.05) is 78.7 Å². The molecule has 0 spiro atoms. The Kier molecular flexibility index (Phi) is 4.89. The smallest absolute Gasteiger partial charge is 0.141 e. The van der Waals surface area contributed by atoms with Crippen LogP contribution in [-0.4, -0.2) is 5.78 Å². The van der Waals surface area contributed by atoms with E-state index in [9.17, 15) is 4.79 Å². The van der Waals surface area contributed by atoms with Gasteiger partial charge in [0, 0.05) is 18.4 Å². The Labute approximate surface area is 143 Å². The third kappa shape index (κ3) is 3.80. The first kappa shape index (κ1) is 15.8. The number of Topliss-reactive ketones (excluding diaryl/α,β-unsaturated/α-hetero) is 1. The molecule has 2 aliphatic carbocycles. The lowest BCUT2D eigenvalue weighted by atomic mass is 9.95. The number of carbonyl (C=O) groups is 1. The van der Waals surface area contributed by atoms with E-state index < -0.39 is 0 Å². The van der Waals surface area contributed by atoms with Crippen LogP contribution in [0.1, 0.15) is 16.7 Å². The molecule has 0 saturated heterocycles. The Morgan fingerprint density at radius 1 is 0.750 bits per heavy atom. The Bertz CT molecular complexity index is 847. The van der Waals surface area contributed by atoms with Crippen molar-refractivity contribution < 1.29 is 4.79 Å². The molecule has 0 saturated carbocycles. The van der Waals surface area contributed by atoms with Crippen molar-refractivity contribution in [3.63, 3.8) is 0 Å². The van der Waals surface area contributed by atoms with Crippen molar-refractivity contribution in [3.05, 3.63) is 95.6 Å². The van der Waals surface area contributed by atoms with E-state index in [1.165, 1.54) is 11.1 Å². The standard InChI is InChI=1S/C17H14O.C6H4/c1-2-15-10-6-7-11-16(15)13-17(18)12-14-8-4-3-5-9-14;1-2-6-4-3-5(1)6/h1,3-11H,12-13H2;1-4H. The van der Waals surface area contributed by atoms with Crippen LogP contribution in [0.25, 0.3) is 11.1 Å². The molecule has 0 fully saturated rings. The lowest BCUT2D eigenvalue weighted by Crippen LogP contribution is -2.07. The molecule has 1 heteroatoms. The van der Waals surface area contributed by atoms with Crippen LogP contribution in [0, 0.1) is 12.3 Å². The zero-order valence-corrected chi connectivity index (χ0v) is 13.4. The summed E-state index contributed by atoms with van der Waals surface area (Å²) in [6.07, 6.45) is 6.27. The zero-order valence-electron chi connectivity index (χ0n) is 13.4. The molecule has 0 heterocycles. The van der Waals surface area contributed by atoms with Crippen molar-refractivity contribution in [3.8, 4) is 23.5 Å². The maximum absolute atomic E-state index is 12.0. The molecule has 0 radical (unpaired) electrons. The van der Waals surface area contributed by atoms with Gasteiger partial charge in [-0.3, -0.25) is 4.79 Å². The Morgan fingerprint density at radius 3 is 1.88 bits per heavy atom. The number of hydrogen-bond donors (Lipinski definition) is 0. The molecule has 1 nitrogen and oxygen atoms in total. The second-order valence-corrected chi connectivity index (χ2v) is 5.76. The molecule has 4 rings (SSSR count). The number of fused-ring (bicyclic) bond motifs is 1. The maximum atomic E-state index is 12.0. The number of benzene rings is 3. The fourth-order valence-electron chi connectivity index (χ4n) is 2.58. The summed E-state index contributed by atoms with van der Waals surface area (Å²) in [5.41, 5.74) is 5.63. The first-order valence-electron chi connectivity index (χ1n) is 7.97. The summed E-state index contributed by atoms with van der Waals surface area (Å²) in [4.78, 5) is 12.0. The highest BCUT2D eigenvalue weighted by molar-refractivity contribution is 5.83. The van der Waals surface area contributed by atoms with E-state index in [1.807, 2.05) is 54.6 Å². The molecule has 2 aromatic carbocycles. The second kappa shape index (κ2) is 7.44. The van der Waals surface area contributed by atoms with Crippen molar-refractivity contribution in [2.24, 2.45) is 0 Å². The van der Waals surface area contributed by atoms with Crippen LogP contribution in [0.3, 0.4) is 0 Å². The molecule has 2 aliphatic rings. The molecular weight excluding hydrogens is 292 g/mol. The van der Waals surface area contributed by atoms with Crippen LogP contribution in [0.4, 0.5) is 0 Å². The van der Waals surface area contributed by atoms with Gasteiger partial charge >= 0.3 is 0 Å². The predicted octanol–water partition coefficient (Wildman–Crippen LogP) is 4.69. The van der Waals surface area contributed by atoms with Gasteiger partial charge in [0.05, 0.1) is 0 Å². The van der Waals surface area contributed by atoms with Gasteiger partial charge < -0.3 is 0 Å². The Hall–Kier alpha value is -3.11. The van der Waals surface area contributed by atoms with Crippen LogP contribution in [-0.2, 0) is 17.6 Å². The van der Waals surface area contributed by atoms with E-state index >= 15 is 0 Å². The van der Waals surface area contributed by atoms with Gasteiger partial charge in [0.2, 0.25) is 0 Å². The van der Waals surface area contributed by atoms with Crippen LogP contribution in [0.15, 0.2) is 78.9 Å². The quantitative estimate of drug-likeness (QED) is 0.500. The van der Waals surface area contributed by atoms with Crippen molar-refractivity contribution in [1.29, 1.82) is 0 Å². The largest absolute Gasteiger partial charge is 0.299 e. The third-order valence-electron chi connectivity index (χ3n) is 4.02. The van der Waals surface area contributed by atoms with Gasteiger partial charge in [-0.15, -0.1) is 6.42 Å².